The van der Waals surface area contributed by atoms with Gasteiger partial charge >= 0.3 is 0 Å². The molecule has 1 N–H and O–H groups in total. The number of halogens is 5. The SMILES string of the molecule is O=C(Nc1ccc(F)c(F)c1F)C1CCCN1C(=O)c1cc(Cl)ccc1Cl. The fraction of sp³-hybridized carbons (Fsp3) is 0.222. The molecule has 0 aromatic heterocycles. The number of anilines is 1. The summed E-state index contributed by atoms with van der Waals surface area (Å²) in [6, 6.07) is 5.12. The van der Waals surface area contributed by atoms with Gasteiger partial charge in [0.1, 0.15) is 6.04 Å². The largest absolute Gasteiger partial charge is 0.327 e. The van der Waals surface area contributed by atoms with Crippen LogP contribution in [0.25, 0.3) is 0 Å². The maximum absolute atomic E-state index is 13.8. The van der Waals surface area contributed by atoms with Crippen molar-refractivity contribution in [2.75, 3.05) is 11.9 Å². The van der Waals surface area contributed by atoms with Gasteiger partial charge in [0.2, 0.25) is 5.91 Å². The van der Waals surface area contributed by atoms with Crippen LogP contribution >= 0.6 is 23.2 Å². The minimum Gasteiger partial charge on any atom is -0.327 e. The molecule has 1 fully saturated rings. The van der Waals surface area contributed by atoms with Gasteiger partial charge in [0.25, 0.3) is 5.91 Å². The smallest absolute Gasteiger partial charge is 0.256 e. The molecule has 0 bridgehead atoms. The summed E-state index contributed by atoms with van der Waals surface area (Å²) in [7, 11) is 0. The van der Waals surface area contributed by atoms with E-state index in [0.717, 1.165) is 6.07 Å². The third-order valence-corrected chi connectivity index (χ3v) is 4.83. The van der Waals surface area contributed by atoms with Gasteiger partial charge in [0, 0.05) is 11.6 Å². The van der Waals surface area contributed by atoms with E-state index >= 15 is 0 Å². The molecule has 2 aromatic rings. The highest BCUT2D eigenvalue weighted by Gasteiger charge is 2.35. The van der Waals surface area contributed by atoms with Crippen LogP contribution in [0.15, 0.2) is 30.3 Å². The van der Waals surface area contributed by atoms with Crippen molar-refractivity contribution in [3.8, 4) is 0 Å². The first kappa shape index (κ1) is 19.5. The second-order valence-corrected chi connectivity index (χ2v) is 6.84. The van der Waals surface area contributed by atoms with Crippen LogP contribution in [0.2, 0.25) is 10.0 Å². The number of benzene rings is 2. The van der Waals surface area contributed by atoms with E-state index in [1.165, 1.54) is 23.1 Å². The Labute approximate surface area is 162 Å². The Balaban J connectivity index is 1.82. The predicted molar refractivity (Wildman–Crippen MR) is 95.5 cm³/mol. The zero-order chi connectivity index (χ0) is 19.7. The van der Waals surface area contributed by atoms with E-state index in [4.69, 9.17) is 23.2 Å². The number of hydrogen-bond donors (Lipinski definition) is 1. The van der Waals surface area contributed by atoms with Gasteiger partial charge in [-0.3, -0.25) is 9.59 Å². The van der Waals surface area contributed by atoms with Crippen LogP contribution in [-0.2, 0) is 4.79 Å². The van der Waals surface area contributed by atoms with Gasteiger partial charge in [0.05, 0.1) is 16.3 Å². The summed E-state index contributed by atoms with van der Waals surface area (Å²) in [6.07, 6.45) is 0.878. The number of nitrogens with zero attached hydrogens (tertiary/aromatic N) is 1. The van der Waals surface area contributed by atoms with Crippen molar-refractivity contribution in [2.24, 2.45) is 0 Å². The second-order valence-electron chi connectivity index (χ2n) is 5.99. The molecule has 0 aliphatic carbocycles. The summed E-state index contributed by atoms with van der Waals surface area (Å²) in [4.78, 5) is 26.6. The minimum atomic E-state index is -1.68. The lowest BCUT2D eigenvalue weighted by Crippen LogP contribution is -2.43. The van der Waals surface area contributed by atoms with E-state index in [2.05, 4.69) is 5.32 Å². The molecule has 1 aliphatic heterocycles. The Morgan fingerprint density at radius 3 is 2.56 bits per heavy atom. The standard InChI is InChI=1S/C18H13Cl2F3N2O2/c19-9-3-4-11(20)10(8-9)18(27)25-7-1-2-14(25)17(26)24-13-6-5-12(21)15(22)16(13)23/h3-6,8,14H,1-2,7H2,(H,24,26). The first-order valence-electron chi connectivity index (χ1n) is 8.00. The first-order chi connectivity index (χ1) is 12.8. The lowest BCUT2D eigenvalue weighted by Gasteiger charge is -2.24. The Morgan fingerprint density at radius 2 is 1.81 bits per heavy atom. The third-order valence-electron chi connectivity index (χ3n) is 4.27. The van der Waals surface area contributed by atoms with E-state index < -0.39 is 41.0 Å². The van der Waals surface area contributed by atoms with E-state index in [0.29, 0.717) is 30.5 Å². The fourth-order valence-electron chi connectivity index (χ4n) is 2.94. The quantitative estimate of drug-likeness (QED) is 0.740. The average Bonchev–Trinajstić information content (AvgIpc) is 3.13. The maximum atomic E-state index is 13.8. The number of rotatable bonds is 3. The molecule has 4 nitrogen and oxygen atoms in total. The molecule has 2 amide bonds. The number of hydrogen-bond acceptors (Lipinski definition) is 2. The molecule has 1 aliphatic rings. The zero-order valence-electron chi connectivity index (χ0n) is 13.7. The highest BCUT2D eigenvalue weighted by atomic mass is 35.5. The van der Waals surface area contributed by atoms with E-state index in [1.54, 1.807) is 0 Å². The van der Waals surface area contributed by atoms with Crippen LogP contribution in [0, 0.1) is 17.5 Å². The average molecular weight is 417 g/mol. The molecule has 2 aromatic carbocycles. The van der Waals surface area contributed by atoms with Gasteiger partial charge in [-0.05, 0) is 43.2 Å². The summed E-state index contributed by atoms with van der Waals surface area (Å²) in [5.74, 6) is -5.75. The van der Waals surface area contributed by atoms with Crippen LogP contribution in [0.5, 0.6) is 0 Å². The summed E-state index contributed by atoms with van der Waals surface area (Å²) in [5.41, 5.74) is -0.359. The van der Waals surface area contributed by atoms with Crippen LogP contribution in [0.4, 0.5) is 18.9 Å². The fourth-order valence-corrected chi connectivity index (χ4v) is 3.31. The van der Waals surface area contributed by atoms with Gasteiger partial charge in [-0.2, -0.15) is 0 Å². The summed E-state index contributed by atoms with van der Waals surface area (Å²) >= 11 is 11.9. The highest BCUT2D eigenvalue weighted by Crippen LogP contribution is 2.27. The lowest BCUT2D eigenvalue weighted by atomic mass is 10.1. The predicted octanol–water partition coefficient (Wildman–Crippen LogP) is 4.65. The van der Waals surface area contributed by atoms with Gasteiger partial charge in [-0.1, -0.05) is 23.2 Å². The lowest BCUT2D eigenvalue weighted by molar-refractivity contribution is -0.119. The van der Waals surface area contributed by atoms with E-state index in [9.17, 15) is 22.8 Å². The summed E-state index contributed by atoms with van der Waals surface area (Å²) in [6.45, 7) is 0.292. The normalized spacial score (nSPS) is 16.5. The van der Waals surface area contributed by atoms with Crippen LogP contribution in [0.1, 0.15) is 23.2 Å². The molecule has 0 radical (unpaired) electrons. The molecule has 9 heteroatoms. The molecule has 1 heterocycles. The van der Waals surface area contributed by atoms with Crippen molar-refractivity contribution in [3.63, 3.8) is 0 Å². The summed E-state index contributed by atoms with van der Waals surface area (Å²) < 4.78 is 40.1. The van der Waals surface area contributed by atoms with Gasteiger partial charge in [-0.25, -0.2) is 13.2 Å². The first-order valence-corrected chi connectivity index (χ1v) is 8.75. The Morgan fingerprint density at radius 1 is 1.07 bits per heavy atom. The Kier molecular flexibility index (Phi) is 5.62. The molecule has 142 valence electrons. The number of likely N-dealkylation sites (tertiary alicyclic amines) is 1. The number of nitrogens with one attached hydrogen (secondary N) is 1. The number of carbonyl (C=O) groups excluding carboxylic acids is 2. The van der Waals surface area contributed by atoms with E-state index in [1.807, 2.05) is 0 Å². The molecule has 1 atom stereocenters. The summed E-state index contributed by atoms with van der Waals surface area (Å²) in [5, 5.41) is 2.70. The van der Waals surface area contributed by atoms with Gasteiger partial charge in [-0.15, -0.1) is 0 Å². The van der Waals surface area contributed by atoms with Crippen LogP contribution in [-0.4, -0.2) is 29.3 Å². The van der Waals surface area contributed by atoms with Crippen molar-refractivity contribution < 1.29 is 22.8 Å². The molecule has 0 spiro atoms. The molecule has 1 saturated heterocycles. The molecule has 3 rings (SSSR count). The molecule has 27 heavy (non-hydrogen) atoms. The van der Waals surface area contributed by atoms with Crippen molar-refractivity contribution in [2.45, 2.75) is 18.9 Å². The Hall–Kier alpha value is -2.25. The molecule has 1 unspecified atom stereocenters. The second kappa shape index (κ2) is 7.78. The topological polar surface area (TPSA) is 49.4 Å². The van der Waals surface area contributed by atoms with E-state index in [-0.39, 0.29) is 10.6 Å². The van der Waals surface area contributed by atoms with Crippen LogP contribution < -0.4 is 5.32 Å². The highest BCUT2D eigenvalue weighted by molar-refractivity contribution is 6.35. The molecular weight excluding hydrogens is 404 g/mol. The number of carbonyl (C=O) groups is 2. The zero-order valence-corrected chi connectivity index (χ0v) is 15.3. The monoisotopic (exact) mass is 416 g/mol. The minimum absolute atomic E-state index is 0.142. The van der Waals surface area contributed by atoms with Crippen molar-refractivity contribution in [1.82, 2.24) is 4.90 Å². The Bertz CT molecular complexity index is 924. The molecular formula is C18H13Cl2F3N2O2. The van der Waals surface area contributed by atoms with Crippen molar-refractivity contribution in [1.29, 1.82) is 0 Å². The van der Waals surface area contributed by atoms with Crippen molar-refractivity contribution in [3.05, 3.63) is 63.4 Å². The maximum Gasteiger partial charge on any atom is 0.256 e. The van der Waals surface area contributed by atoms with Crippen molar-refractivity contribution >= 4 is 40.7 Å². The van der Waals surface area contributed by atoms with Gasteiger partial charge in [0.15, 0.2) is 17.5 Å². The third kappa shape index (κ3) is 3.89. The van der Waals surface area contributed by atoms with Crippen LogP contribution in [0.3, 0.4) is 0 Å². The number of amides is 2. The van der Waals surface area contributed by atoms with Gasteiger partial charge < -0.3 is 10.2 Å². The molecule has 0 saturated carbocycles.